The van der Waals surface area contributed by atoms with Crippen LogP contribution in [0.1, 0.15) is 39.5 Å². The van der Waals surface area contributed by atoms with Crippen LogP contribution in [0, 0.1) is 5.92 Å². The van der Waals surface area contributed by atoms with Crippen molar-refractivity contribution in [1.29, 1.82) is 0 Å². The van der Waals surface area contributed by atoms with Crippen LogP contribution in [0.5, 0.6) is 0 Å². The first kappa shape index (κ1) is 30.4. The van der Waals surface area contributed by atoms with Crippen LogP contribution in [0.2, 0.25) is 0 Å². The third-order valence-electron chi connectivity index (χ3n) is 9.39. The molecule has 234 valence electrons. The van der Waals surface area contributed by atoms with Crippen LogP contribution in [0.15, 0.2) is 158 Å². The number of nitrogens with zero attached hydrogens (tertiary/aromatic N) is 3. The van der Waals surface area contributed by atoms with Gasteiger partial charge in [0, 0.05) is 51.4 Å². The Balaban J connectivity index is 1.44. The lowest BCUT2D eigenvalue weighted by Gasteiger charge is -2.26. The Morgan fingerprint density at radius 3 is 1.19 bits per heavy atom. The summed E-state index contributed by atoms with van der Waals surface area (Å²) in [5.41, 5.74) is 9.50. The molecule has 0 aliphatic heterocycles. The molecule has 3 heteroatoms. The summed E-state index contributed by atoms with van der Waals surface area (Å²) in [5.74, 6) is 0.611. The molecular formula is C44H43N3. The Morgan fingerprint density at radius 2 is 0.851 bits per heavy atom. The first-order chi connectivity index (χ1) is 23.2. The molecule has 6 aromatic carbocycles. The number of rotatable bonds is 12. The van der Waals surface area contributed by atoms with Crippen molar-refractivity contribution in [1.82, 2.24) is 4.57 Å². The molecule has 0 spiro atoms. The molecule has 0 N–H and O–H groups in total. The van der Waals surface area contributed by atoms with Gasteiger partial charge >= 0.3 is 0 Å². The van der Waals surface area contributed by atoms with Crippen molar-refractivity contribution < 1.29 is 0 Å². The lowest BCUT2D eigenvalue weighted by Crippen LogP contribution is -2.12. The first-order valence-electron chi connectivity index (χ1n) is 17.1. The lowest BCUT2D eigenvalue weighted by atomic mass is 9.99. The number of hydrogen-bond acceptors (Lipinski definition) is 2. The maximum absolute atomic E-state index is 2.61. The molecule has 47 heavy (non-hydrogen) atoms. The van der Waals surface area contributed by atoms with Gasteiger partial charge in [-0.1, -0.05) is 118 Å². The van der Waals surface area contributed by atoms with Crippen LogP contribution in [-0.2, 0) is 6.54 Å². The minimum atomic E-state index is 0.611. The number of hydrogen-bond donors (Lipinski definition) is 0. The van der Waals surface area contributed by atoms with Gasteiger partial charge in [0.25, 0.3) is 0 Å². The summed E-state index contributed by atoms with van der Waals surface area (Å²) in [5, 5.41) is 2.60. The van der Waals surface area contributed by atoms with Crippen molar-refractivity contribution in [3.05, 3.63) is 158 Å². The van der Waals surface area contributed by atoms with Crippen molar-refractivity contribution in [3.8, 4) is 0 Å². The molecule has 1 heterocycles. The Bertz CT molecular complexity index is 1810. The number of unbranched alkanes of at least 4 members (excludes halogenated alkanes) is 1. The van der Waals surface area contributed by atoms with Gasteiger partial charge in [0.05, 0.1) is 11.0 Å². The maximum Gasteiger partial charge on any atom is 0.0512 e. The molecule has 0 radical (unpaired) electrons. The summed E-state index contributed by atoms with van der Waals surface area (Å²) in [6, 6.07) is 56.9. The fourth-order valence-corrected chi connectivity index (χ4v) is 6.93. The van der Waals surface area contributed by atoms with E-state index in [2.05, 4.69) is 186 Å². The van der Waals surface area contributed by atoms with Gasteiger partial charge in [-0.25, -0.2) is 0 Å². The Hall–Kier alpha value is -5.28. The molecule has 1 atom stereocenters. The predicted octanol–water partition coefficient (Wildman–Crippen LogP) is 13.0. The third-order valence-corrected chi connectivity index (χ3v) is 9.39. The number of benzene rings is 6. The van der Waals surface area contributed by atoms with Crippen molar-refractivity contribution in [2.24, 2.45) is 5.92 Å². The monoisotopic (exact) mass is 613 g/mol. The second-order valence-corrected chi connectivity index (χ2v) is 12.4. The standard InChI is InChI=1S/C44H43N3/c1-3-5-18-34(4-2)33-45-43-31-39(46(35-19-10-6-11-20-35)36-21-12-7-13-22-36)27-29-41(43)42-30-28-40(32-44(42)45)47(37-23-14-8-15-24-37)38-25-16-9-17-26-38/h6-17,19-32,34H,3-5,18,33H2,1-2H3. The molecule has 0 aliphatic carbocycles. The smallest absolute Gasteiger partial charge is 0.0512 e. The lowest BCUT2D eigenvalue weighted by molar-refractivity contribution is 0.401. The van der Waals surface area contributed by atoms with Gasteiger partial charge in [-0.2, -0.15) is 0 Å². The number of para-hydroxylation sites is 4. The molecule has 0 saturated carbocycles. The molecule has 1 aromatic heterocycles. The second-order valence-electron chi connectivity index (χ2n) is 12.4. The van der Waals surface area contributed by atoms with Gasteiger partial charge in [0.15, 0.2) is 0 Å². The van der Waals surface area contributed by atoms with E-state index in [0.29, 0.717) is 5.92 Å². The van der Waals surface area contributed by atoms with Crippen molar-refractivity contribution in [3.63, 3.8) is 0 Å². The van der Waals surface area contributed by atoms with E-state index in [0.717, 1.165) is 40.7 Å². The number of fused-ring (bicyclic) bond motifs is 3. The summed E-state index contributed by atoms with van der Waals surface area (Å²) in [6.45, 7) is 5.65. The zero-order valence-electron chi connectivity index (χ0n) is 27.5. The molecule has 0 aliphatic rings. The molecule has 3 nitrogen and oxygen atoms in total. The highest BCUT2D eigenvalue weighted by molar-refractivity contribution is 6.10. The zero-order valence-corrected chi connectivity index (χ0v) is 27.5. The zero-order chi connectivity index (χ0) is 32.0. The minimum Gasteiger partial charge on any atom is -0.340 e. The van der Waals surface area contributed by atoms with Crippen LogP contribution in [0.3, 0.4) is 0 Å². The van der Waals surface area contributed by atoms with Crippen LogP contribution in [-0.4, -0.2) is 4.57 Å². The molecule has 0 bridgehead atoms. The van der Waals surface area contributed by atoms with Gasteiger partial charge in [-0.3, -0.25) is 0 Å². The van der Waals surface area contributed by atoms with Crippen molar-refractivity contribution in [2.45, 2.75) is 46.1 Å². The molecule has 1 unspecified atom stereocenters. The fourth-order valence-electron chi connectivity index (χ4n) is 6.93. The van der Waals surface area contributed by atoms with E-state index < -0.39 is 0 Å². The van der Waals surface area contributed by atoms with Gasteiger partial charge in [-0.05, 0) is 85.1 Å². The fraction of sp³-hybridized carbons (Fsp3) is 0.182. The highest BCUT2D eigenvalue weighted by Crippen LogP contribution is 2.41. The van der Waals surface area contributed by atoms with Crippen LogP contribution in [0.25, 0.3) is 21.8 Å². The molecule has 0 fully saturated rings. The third kappa shape index (κ3) is 6.26. The maximum atomic E-state index is 2.61. The van der Waals surface area contributed by atoms with Crippen molar-refractivity contribution in [2.75, 3.05) is 9.80 Å². The van der Waals surface area contributed by atoms with E-state index >= 15 is 0 Å². The van der Waals surface area contributed by atoms with E-state index in [1.54, 1.807) is 0 Å². The average molecular weight is 614 g/mol. The summed E-state index contributed by atoms with van der Waals surface area (Å²) in [6.07, 6.45) is 4.90. The minimum absolute atomic E-state index is 0.611. The summed E-state index contributed by atoms with van der Waals surface area (Å²) < 4.78 is 2.61. The van der Waals surface area contributed by atoms with E-state index in [4.69, 9.17) is 0 Å². The summed E-state index contributed by atoms with van der Waals surface area (Å²) in [7, 11) is 0. The topological polar surface area (TPSA) is 11.4 Å². The quantitative estimate of drug-likeness (QED) is 0.136. The highest BCUT2D eigenvalue weighted by Gasteiger charge is 2.20. The van der Waals surface area contributed by atoms with Gasteiger partial charge in [0.1, 0.15) is 0 Å². The number of aromatic nitrogens is 1. The average Bonchev–Trinajstić information content (AvgIpc) is 3.44. The van der Waals surface area contributed by atoms with Crippen LogP contribution >= 0.6 is 0 Å². The van der Waals surface area contributed by atoms with Gasteiger partial charge in [-0.15, -0.1) is 0 Å². The van der Waals surface area contributed by atoms with E-state index in [1.165, 1.54) is 47.5 Å². The molecule has 7 aromatic rings. The predicted molar refractivity (Wildman–Crippen MR) is 202 cm³/mol. The normalized spacial score (nSPS) is 12.0. The van der Waals surface area contributed by atoms with Gasteiger partial charge in [0.2, 0.25) is 0 Å². The molecule has 0 saturated heterocycles. The Morgan fingerprint density at radius 1 is 0.468 bits per heavy atom. The van der Waals surface area contributed by atoms with E-state index in [9.17, 15) is 0 Å². The van der Waals surface area contributed by atoms with E-state index in [1.807, 2.05) is 0 Å². The first-order valence-corrected chi connectivity index (χ1v) is 17.1. The second kappa shape index (κ2) is 14.0. The van der Waals surface area contributed by atoms with Gasteiger partial charge < -0.3 is 14.4 Å². The summed E-state index contributed by atoms with van der Waals surface area (Å²) >= 11 is 0. The molecule has 0 amide bonds. The largest absolute Gasteiger partial charge is 0.340 e. The van der Waals surface area contributed by atoms with Crippen LogP contribution < -0.4 is 9.80 Å². The number of anilines is 6. The SMILES string of the molecule is CCCCC(CC)Cn1c2cc(N(c3ccccc3)c3ccccc3)ccc2c2ccc(N(c3ccccc3)c3ccccc3)cc21. The van der Waals surface area contributed by atoms with E-state index in [-0.39, 0.29) is 0 Å². The molecule has 7 rings (SSSR count). The Labute approximate surface area is 279 Å². The summed E-state index contributed by atoms with van der Waals surface area (Å²) in [4.78, 5) is 4.74. The molecular weight excluding hydrogens is 571 g/mol. The van der Waals surface area contributed by atoms with Crippen molar-refractivity contribution >= 4 is 55.9 Å². The highest BCUT2D eigenvalue weighted by atomic mass is 15.2. The Kier molecular flexibility index (Phi) is 9.05. The van der Waals surface area contributed by atoms with Crippen LogP contribution in [0.4, 0.5) is 34.1 Å².